The van der Waals surface area contributed by atoms with Crippen molar-refractivity contribution in [3.63, 3.8) is 0 Å². The number of aromatic hydroxyl groups is 1. The van der Waals surface area contributed by atoms with Gasteiger partial charge in [0, 0.05) is 20.4 Å². The molecule has 0 saturated carbocycles. The summed E-state index contributed by atoms with van der Waals surface area (Å²) in [5, 5.41) is 10.6. The highest BCUT2D eigenvalue weighted by Gasteiger charge is 2.11. The van der Waals surface area contributed by atoms with Gasteiger partial charge in [0.25, 0.3) is 0 Å². The SMILES string of the molecule is COC(CN=Cc1c(O)c2ccccc2oc1=O)OC. The molecule has 106 valence electrons. The fourth-order valence-electron chi connectivity index (χ4n) is 1.74. The van der Waals surface area contributed by atoms with Crippen LogP contribution in [-0.2, 0) is 9.47 Å². The number of aliphatic imine (C=N–C) groups is 1. The van der Waals surface area contributed by atoms with Crippen molar-refractivity contribution in [3.8, 4) is 5.75 Å². The second-order valence-corrected chi connectivity index (χ2v) is 4.04. The predicted octanol–water partition coefficient (Wildman–Crippen LogP) is 1.54. The van der Waals surface area contributed by atoms with E-state index < -0.39 is 11.9 Å². The summed E-state index contributed by atoms with van der Waals surface area (Å²) in [7, 11) is 2.98. The summed E-state index contributed by atoms with van der Waals surface area (Å²) in [6.45, 7) is 0.207. The Hall–Kier alpha value is -2.18. The smallest absolute Gasteiger partial charge is 0.348 e. The maximum absolute atomic E-state index is 11.8. The Morgan fingerprint density at radius 1 is 1.35 bits per heavy atom. The minimum atomic E-state index is -0.642. The summed E-state index contributed by atoms with van der Waals surface area (Å²) in [4.78, 5) is 15.8. The summed E-state index contributed by atoms with van der Waals surface area (Å²) in [5.74, 6) is -0.146. The number of hydrogen-bond acceptors (Lipinski definition) is 6. The highest BCUT2D eigenvalue weighted by molar-refractivity contribution is 5.93. The highest BCUT2D eigenvalue weighted by Crippen LogP contribution is 2.24. The number of para-hydroxylation sites is 1. The molecule has 2 aromatic rings. The Morgan fingerprint density at radius 3 is 2.75 bits per heavy atom. The normalized spacial score (nSPS) is 11.8. The fraction of sp³-hybridized carbons (Fsp3) is 0.286. The van der Waals surface area contributed by atoms with Crippen molar-refractivity contribution in [1.29, 1.82) is 0 Å². The summed E-state index contributed by atoms with van der Waals surface area (Å²) in [6, 6.07) is 6.75. The number of fused-ring (bicyclic) bond motifs is 1. The van der Waals surface area contributed by atoms with Crippen LogP contribution >= 0.6 is 0 Å². The van der Waals surface area contributed by atoms with Crippen molar-refractivity contribution < 1.29 is 19.0 Å². The third-order valence-electron chi connectivity index (χ3n) is 2.82. The Balaban J connectivity index is 2.35. The molecule has 0 atom stereocenters. The van der Waals surface area contributed by atoms with Crippen molar-refractivity contribution in [1.82, 2.24) is 0 Å². The van der Waals surface area contributed by atoms with E-state index in [-0.39, 0.29) is 17.9 Å². The number of ether oxygens (including phenoxy) is 2. The summed E-state index contributed by atoms with van der Waals surface area (Å²) in [6.07, 6.45) is 0.763. The molecule has 1 N–H and O–H groups in total. The van der Waals surface area contributed by atoms with Crippen LogP contribution in [0.1, 0.15) is 5.56 Å². The maximum Gasteiger partial charge on any atom is 0.348 e. The van der Waals surface area contributed by atoms with Crippen LogP contribution in [0.2, 0.25) is 0 Å². The van der Waals surface area contributed by atoms with Crippen molar-refractivity contribution in [2.24, 2.45) is 4.99 Å². The van der Waals surface area contributed by atoms with Crippen LogP contribution in [0.15, 0.2) is 38.5 Å². The monoisotopic (exact) mass is 277 g/mol. The average molecular weight is 277 g/mol. The quantitative estimate of drug-likeness (QED) is 0.509. The molecule has 1 aromatic carbocycles. The zero-order valence-corrected chi connectivity index (χ0v) is 11.2. The molecule has 20 heavy (non-hydrogen) atoms. The average Bonchev–Trinajstić information content (AvgIpc) is 2.46. The van der Waals surface area contributed by atoms with Crippen LogP contribution < -0.4 is 5.63 Å². The van der Waals surface area contributed by atoms with Gasteiger partial charge in [-0.1, -0.05) is 12.1 Å². The summed E-state index contributed by atoms with van der Waals surface area (Å²) in [5.41, 5.74) is -0.301. The van der Waals surface area contributed by atoms with Gasteiger partial charge in [-0.3, -0.25) is 4.99 Å². The molecule has 0 fully saturated rings. The lowest BCUT2D eigenvalue weighted by Crippen LogP contribution is -2.17. The molecular weight excluding hydrogens is 262 g/mol. The molecule has 1 aromatic heterocycles. The summed E-state index contributed by atoms with van der Waals surface area (Å²) >= 11 is 0. The van der Waals surface area contributed by atoms with E-state index >= 15 is 0 Å². The first kappa shape index (κ1) is 14.2. The Morgan fingerprint density at radius 2 is 2.05 bits per heavy atom. The molecule has 6 heteroatoms. The minimum Gasteiger partial charge on any atom is -0.506 e. The van der Waals surface area contributed by atoms with Crippen LogP contribution in [0, 0.1) is 0 Å². The molecule has 0 unspecified atom stereocenters. The van der Waals surface area contributed by atoms with Crippen molar-refractivity contribution >= 4 is 17.2 Å². The van der Waals surface area contributed by atoms with E-state index in [1.165, 1.54) is 20.4 Å². The standard InChI is InChI=1S/C14H15NO5/c1-18-12(19-2)8-15-7-10-13(16)9-5-3-4-6-11(9)20-14(10)17/h3-7,12,16H,8H2,1-2H3. The Kier molecular flexibility index (Phi) is 4.49. The molecule has 2 rings (SSSR count). The molecule has 0 amide bonds. The van der Waals surface area contributed by atoms with Crippen molar-refractivity contribution in [3.05, 3.63) is 40.2 Å². The first-order valence-corrected chi connectivity index (χ1v) is 5.97. The van der Waals surface area contributed by atoms with Crippen molar-refractivity contribution in [2.75, 3.05) is 20.8 Å². The van der Waals surface area contributed by atoms with Gasteiger partial charge in [-0.25, -0.2) is 4.79 Å². The number of methoxy groups -OCH3 is 2. The van der Waals surface area contributed by atoms with Crippen LogP contribution in [0.5, 0.6) is 5.75 Å². The van der Waals surface area contributed by atoms with Gasteiger partial charge < -0.3 is 19.0 Å². The molecule has 0 aliphatic carbocycles. The molecule has 1 heterocycles. The number of rotatable bonds is 5. The zero-order chi connectivity index (χ0) is 14.5. The largest absolute Gasteiger partial charge is 0.506 e. The van der Waals surface area contributed by atoms with Gasteiger partial charge in [-0.05, 0) is 12.1 Å². The third kappa shape index (κ3) is 2.87. The number of benzene rings is 1. The maximum atomic E-state index is 11.8. The second-order valence-electron chi connectivity index (χ2n) is 4.04. The fourth-order valence-corrected chi connectivity index (χ4v) is 1.74. The van der Waals surface area contributed by atoms with Gasteiger partial charge in [0.2, 0.25) is 0 Å². The van der Waals surface area contributed by atoms with Gasteiger partial charge in [-0.2, -0.15) is 0 Å². The highest BCUT2D eigenvalue weighted by atomic mass is 16.7. The van der Waals surface area contributed by atoms with Crippen LogP contribution in [0.25, 0.3) is 11.0 Å². The molecule has 0 saturated heterocycles. The molecule has 0 radical (unpaired) electrons. The van der Waals surface area contributed by atoms with E-state index in [2.05, 4.69) is 4.99 Å². The first-order chi connectivity index (χ1) is 9.67. The predicted molar refractivity (Wildman–Crippen MR) is 74.4 cm³/mol. The first-order valence-electron chi connectivity index (χ1n) is 5.97. The molecule has 0 bridgehead atoms. The van der Waals surface area contributed by atoms with E-state index in [1.54, 1.807) is 24.3 Å². The summed E-state index contributed by atoms with van der Waals surface area (Å²) < 4.78 is 15.1. The Bertz CT molecular complexity index is 673. The second kappa shape index (κ2) is 6.31. The minimum absolute atomic E-state index is 0.00894. The molecule has 0 spiro atoms. The van der Waals surface area contributed by atoms with Crippen LogP contribution in [-0.4, -0.2) is 38.4 Å². The number of hydrogen-bond donors (Lipinski definition) is 1. The van der Waals surface area contributed by atoms with Crippen LogP contribution in [0.4, 0.5) is 0 Å². The van der Waals surface area contributed by atoms with E-state index in [4.69, 9.17) is 13.9 Å². The lowest BCUT2D eigenvalue weighted by atomic mass is 10.1. The topological polar surface area (TPSA) is 81.3 Å². The molecular formula is C14H15NO5. The van der Waals surface area contributed by atoms with E-state index in [0.717, 1.165) is 0 Å². The van der Waals surface area contributed by atoms with Gasteiger partial charge in [0.15, 0.2) is 6.29 Å². The molecule has 0 aliphatic rings. The van der Waals surface area contributed by atoms with Gasteiger partial charge >= 0.3 is 5.63 Å². The van der Waals surface area contributed by atoms with E-state index in [1.807, 2.05) is 0 Å². The van der Waals surface area contributed by atoms with Gasteiger partial charge in [0.05, 0.1) is 11.9 Å². The van der Waals surface area contributed by atoms with E-state index in [0.29, 0.717) is 11.0 Å². The lowest BCUT2D eigenvalue weighted by molar-refractivity contribution is -0.0936. The molecule has 0 aliphatic heterocycles. The van der Waals surface area contributed by atoms with Crippen molar-refractivity contribution in [2.45, 2.75) is 6.29 Å². The van der Waals surface area contributed by atoms with Crippen LogP contribution in [0.3, 0.4) is 0 Å². The van der Waals surface area contributed by atoms with Gasteiger partial charge in [0.1, 0.15) is 16.9 Å². The van der Waals surface area contributed by atoms with E-state index in [9.17, 15) is 9.90 Å². The third-order valence-corrected chi connectivity index (χ3v) is 2.82. The van der Waals surface area contributed by atoms with Gasteiger partial charge in [-0.15, -0.1) is 0 Å². The molecule has 6 nitrogen and oxygen atoms in total. The Labute approximate surface area is 115 Å². The lowest BCUT2D eigenvalue weighted by Gasteiger charge is -2.09. The number of nitrogens with zero attached hydrogens (tertiary/aromatic N) is 1. The zero-order valence-electron chi connectivity index (χ0n) is 11.2.